The topological polar surface area (TPSA) is 101 Å². The number of benzene rings is 2. The van der Waals surface area contributed by atoms with Crippen LogP contribution in [0.5, 0.6) is 0 Å². The van der Waals surface area contributed by atoms with Gasteiger partial charge in [0.25, 0.3) is 5.91 Å². The molecule has 0 aliphatic heterocycles. The second-order valence-electron chi connectivity index (χ2n) is 6.98. The van der Waals surface area contributed by atoms with Gasteiger partial charge >= 0.3 is 5.97 Å². The molecule has 0 aliphatic carbocycles. The molecular weight excluding hydrogens is 382 g/mol. The summed E-state index contributed by atoms with van der Waals surface area (Å²) in [6.07, 6.45) is 0.177. The van der Waals surface area contributed by atoms with Crippen molar-refractivity contribution in [2.24, 2.45) is 0 Å². The average molecular weight is 405 g/mol. The van der Waals surface area contributed by atoms with Gasteiger partial charge in [0.2, 0.25) is 0 Å². The van der Waals surface area contributed by atoms with Crippen LogP contribution in [0.25, 0.3) is 11.0 Å². The van der Waals surface area contributed by atoms with E-state index >= 15 is 0 Å². The van der Waals surface area contributed by atoms with Crippen molar-refractivity contribution in [2.45, 2.75) is 33.7 Å². The van der Waals surface area contributed by atoms with E-state index in [1.54, 1.807) is 22.9 Å². The van der Waals surface area contributed by atoms with Gasteiger partial charge in [0.05, 0.1) is 23.6 Å². The maximum atomic E-state index is 12.8. The van der Waals surface area contributed by atoms with Crippen molar-refractivity contribution < 1.29 is 14.3 Å². The third-order valence-corrected chi connectivity index (χ3v) is 4.64. The number of hydrogen-bond acceptors (Lipinski definition) is 6. The van der Waals surface area contributed by atoms with Crippen LogP contribution in [0, 0.1) is 25.2 Å². The van der Waals surface area contributed by atoms with E-state index < -0.39 is 12.6 Å². The van der Waals surface area contributed by atoms with Gasteiger partial charge in [0, 0.05) is 18.8 Å². The third kappa shape index (κ3) is 4.63. The zero-order valence-electron chi connectivity index (χ0n) is 17.3. The molecule has 2 aromatic carbocycles. The van der Waals surface area contributed by atoms with Crippen LogP contribution in [-0.2, 0) is 16.1 Å². The maximum Gasteiger partial charge on any atom is 0.338 e. The zero-order valence-corrected chi connectivity index (χ0v) is 17.3. The Kier molecular flexibility index (Phi) is 6.42. The number of fused-ring (bicyclic) bond motifs is 1. The second kappa shape index (κ2) is 9.18. The molecule has 8 heteroatoms. The molecule has 0 saturated heterocycles. The van der Waals surface area contributed by atoms with E-state index in [9.17, 15) is 9.59 Å². The number of nitriles is 1. The lowest BCUT2D eigenvalue weighted by atomic mass is 10.1. The van der Waals surface area contributed by atoms with Crippen molar-refractivity contribution in [1.29, 1.82) is 5.26 Å². The van der Waals surface area contributed by atoms with E-state index in [1.807, 2.05) is 39.0 Å². The molecular formula is C22H23N5O3. The highest BCUT2D eigenvalue weighted by Gasteiger charge is 2.19. The monoisotopic (exact) mass is 405 g/mol. The Morgan fingerprint density at radius 2 is 1.90 bits per heavy atom. The van der Waals surface area contributed by atoms with E-state index in [4.69, 9.17) is 10.00 Å². The number of nitrogens with zero attached hydrogens (tertiary/aromatic N) is 5. The molecule has 0 N–H and O–H groups in total. The van der Waals surface area contributed by atoms with Crippen LogP contribution in [0.1, 0.15) is 34.8 Å². The number of aryl methyl sites for hydroxylation is 3. The summed E-state index contributed by atoms with van der Waals surface area (Å²) in [6.45, 7) is 6.31. The normalized spacial score (nSPS) is 10.6. The highest BCUT2D eigenvalue weighted by Crippen LogP contribution is 2.20. The minimum atomic E-state index is -0.614. The summed E-state index contributed by atoms with van der Waals surface area (Å²) in [5.74, 6) is -1.00. The molecule has 0 radical (unpaired) electrons. The predicted molar refractivity (Wildman–Crippen MR) is 112 cm³/mol. The van der Waals surface area contributed by atoms with E-state index in [0.717, 1.165) is 16.6 Å². The van der Waals surface area contributed by atoms with Crippen LogP contribution >= 0.6 is 0 Å². The summed E-state index contributed by atoms with van der Waals surface area (Å²) in [5, 5.41) is 17.0. The van der Waals surface area contributed by atoms with E-state index in [0.29, 0.717) is 23.3 Å². The van der Waals surface area contributed by atoms with E-state index in [-0.39, 0.29) is 18.9 Å². The summed E-state index contributed by atoms with van der Waals surface area (Å²) in [6, 6.07) is 12.8. The Hall–Kier alpha value is -3.73. The van der Waals surface area contributed by atoms with Gasteiger partial charge in [-0.1, -0.05) is 11.3 Å². The molecule has 1 heterocycles. The number of esters is 1. The van der Waals surface area contributed by atoms with Crippen LogP contribution in [0.2, 0.25) is 0 Å². The number of ether oxygens (including phenoxy) is 1. The van der Waals surface area contributed by atoms with Gasteiger partial charge in [-0.15, -0.1) is 5.10 Å². The lowest BCUT2D eigenvalue weighted by molar-refractivity contribution is -0.121. The average Bonchev–Trinajstić information content (AvgIpc) is 3.14. The van der Waals surface area contributed by atoms with Gasteiger partial charge in [-0.3, -0.25) is 4.79 Å². The third-order valence-electron chi connectivity index (χ3n) is 4.64. The van der Waals surface area contributed by atoms with Crippen molar-refractivity contribution in [3.8, 4) is 6.07 Å². The molecule has 1 amide bonds. The van der Waals surface area contributed by atoms with Crippen molar-refractivity contribution in [2.75, 3.05) is 18.1 Å². The molecule has 8 nitrogen and oxygen atoms in total. The Morgan fingerprint density at radius 1 is 1.17 bits per heavy atom. The number of carbonyl (C=O) groups is 2. The van der Waals surface area contributed by atoms with E-state index in [2.05, 4.69) is 16.4 Å². The zero-order chi connectivity index (χ0) is 21.7. The molecule has 3 aromatic rings. The van der Waals surface area contributed by atoms with Crippen LogP contribution in [0.15, 0.2) is 36.4 Å². The van der Waals surface area contributed by atoms with Crippen LogP contribution < -0.4 is 4.90 Å². The van der Waals surface area contributed by atoms with Crippen molar-refractivity contribution in [1.82, 2.24) is 15.0 Å². The molecule has 0 bridgehead atoms. The first kappa shape index (κ1) is 21.0. The van der Waals surface area contributed by atoms with Crippen LogP contribution in [0.3, 0.4) is 0 Å². The van der Waals surface area contributed by atoms with Crippen LogP contribution in [0.4, 0.5) is 5.69 Å². The van der Waals surface area contributed by atoms with Crippen molar-refractivity contribution in [3.05, 3.63) is 53.1 Å². The Morgan fingerprint density at radius 3 is 2.57 bits per heavy atom. The molecule has 30 heavy (non-hydrogen) atoms. The fourth-order valence-electron chi connectivity index (χ4n) is 3.29. The Labute approximate surface area is 174 Å². The second-order valence-corrected chi connectivity index (χ2v) is 6.98. The number of amides is 1. The summed E-state index contributed by atoms with van der Waals surface area (Å²) in [7, 11) is 0. The lowest BCUT2D eigenvalue weighted by Crippen LogP contribution is -2.35. The number of anilines is 1. The molecule has 0 spiro atoms. The first-order valence-electron chi connectivity index (χ1n) is 9.69. The lowest BCUT2D eigenvalue weighted by Gasteiger charge is -2.22. The van der Waals surface area contributed by atoms with E-state index in [1.165, 1.54) is 4.90 Å². The number of carbonyl (C=O) groups excluding carboxylic acids is 2. The number of aromatic nitrogens is 3. The minimum Gasteiger partial charge on any atom is -0.452 e. The SMILES string of the molecule is CCn1nnc2cc(C(=O)OCC(=O)N(CCC#N)c3cc(C)cc(C)c3)ccc21. The van der Waals surface area contributed by atoms with Crippen molar-refractivity contribution in [3.63, 3.8) is 0 Å². The summed E-state index contributed by atoms with van der Waals surface area (Å²) in [5.41, 5.74) is 4.40. The number of rotatable bonds is 7. The molecule has 1 aromatic heterocycles. The molecule has 154 valence electrons. The first-order valence-corrected chi connectivity index (χ1v) is 9.69. The van der Waals surface area contributed by atoms with Crippen LogP contribution in [-0.4, -0.2) is 40.0 Å². The molecule has 0 unspecified atom stereocenters. The Balaban J connectivity index is 1.72. The fraction of sp³-hybridized carbons (Fsp3) is 0.318. The standard InChI is InChI=1S/C22H23N5O3/c1-4-27-20-7-6-17(13-19(20)24-25-27)22(29)30-14-21(28)26(9-5-8-23)18-11-15(2)10-16(3)12-18/h6-7,10-13H,4-5,9,14H2,1-3H3. The molecule has 3 rings (SSSR count). The largest absolute Gasteiger partial charge is 0.452 e. The van der Waals surface area contributed by atoms with Gasteiger partial charge in [-0.2, -0.15) is 5.26 Å². The summed E-state index contributed by atoms with van der Waals surface area (Å²) >= 11 is 0. The molecule has 0 fully saturated rings. The quantitative estimate of drug-likeness (QED) is 0.560. The predicted octanol–water partition coefficient (Wildman–Crippen LogP) is 3.17. The van der Waals surface area contributed by atoms with Gasteiger partial charge in [-0.25, -0.2) is 9.48 Å². The van der Waals surface area contributed by atoms with Gasteiger partial charge < -0.3 is 9.64 Å². The first-order chi connectivity index (χ1) is 14.4. The highest BCUT2D eigenvalue weighted by atomic mass is 16.5. The van der Waals surface area contributed by atoms with Gasteiger partial charge in [0.15, 0.2) is 6.61 Å². The minimum absolute atomic E-state index is 0.177. The molecule has 0 aliphatic rings. The fourth-order valence-corrected chi connectivity index (χ4v) is 3.29. The maximum absolute atomic E-state index is 12.8. The van der Waals surface area contributed by atoms with Gasteiger partial charge in [-0.05, 0) is 62.2 Å². The Bertz CT molecular complexity index is 1110. The van der Waals surface area contributed by atoms with Crippen molar-refractivity contribution >= 4 is 28.6 Å². The number of hydrogen-bond donors (Lipinski definition) is 0. The smallest absolute Gasteiger partial charge is 0.338 e. The summed E-state index contributed by atoms with van der Waals surface area (Å²) in [4.78, 5) is 26.7. The molecule has 0 saturated carbocycles. The highest BCUT2D eigenvalue weighted by molar-refractivity contribution is 5.98. The summed E-state index contributed by atoms with van der Waals surface area (Å²) < 4.78 is 6.97. The van der Waals surface area contributed by atoms with Gasteiger partial charge in [0.1, 0.15) is 5.52 Å². The molecule has 0 atom stereocenters.